The lowest BCUT2D eigenvalue weighted by molar-refractivity contribution is -0.141. The molecule has 1 aromatic carbocycles. The smallest absolute Gasteiger partial charge is 0.307 e. The van der Waals surface area contributed by atoms with Crippen LogP contribution in [0.5, 0.6) is 11.5 Å². The van der Waals surface area contributed by atoms with Gasteiger partial charge in [-0.05, 0) is 35.7 Å². The number of rotatable bonds is 5. The number of anilines is 1. The molecule has 1 atom stereocenters. The van der Waals surface area contributed by atoms with Crippen LogP contribution >= 0.6 is 11.6 Å². The lowest BCUT2D eigenvalue weighted by Crippen LogP contribution is -2.41. The lowest BCUT2D eigenvalue weighted by Gasteiger charge is -2.37. The third-order valence-corrected chi connectivity index (χ3v) is 5.27. The molecule has 3 rings (SSSR count). The highest BCUT2D eigenvalue weighted by molar-refractivity contribution is 6.33. The zero-order chi connectivity index (χ0) is 21.1. The molecule has 2 aromatic rings. The van der Waals surface area contributed by atoms with E-state index in [0.29, 0.717) is 30.0 Å². The predicted octanol–water partition coefficient (Wildman–Crippen LogP) is 2.64. The Morgan fingerprint density at radius 3 is 2.52 bits per heavy atom. The quantitative estimate of drug-likeness (QED) is 0.743. The Hall–Kier alpha value is -3.00. The Morgan fingerprint density at radius 2 is 1.90 bits per heavy atom. The summed E-state index contributed by atoms with van der Waals surface area (Å²) in [7, 11) is 4.41. The first-order valence-electron chi connectivity index (χ1n) is 8.93. The minimum absolute atomic E-state index is 0.000849. The van der Waals surface area contributed by atoms with E-state index in [9.17, 15) is 9.59 Å². The van der Waals surface area contributed by atoms with Crippen molar-refractivity contribution < 1.29 is 23.8 Å². The Kier molecular flexibility index (Phi) is 6.12. The molecule has 0 bridgehead atoms. The molecule has 1 aliphatic rings. The Balaban J connectivity index is 2.04. The maximum absolute atomic E-state index is 13.2. The van der Waals surface area contributed by atoms with Crippen molar-refractivity contribution in [2.24, 2.45) is 0 Å². The second kappa shape index (κ2) is 8.57. The molecule has 0 saturated heterocycles. The van der Waals surface area contributed by atoms with Gasteiger partial charge in [0, 0.05) is 12.7 Å². The fourth-order valence-corrected chi connectivity index (χ4v) is 3.63. The highest BCUT2D eigenvalue weighted by Crippen LogP contribution is 2.40. The van der Waals surface area contributed by atoms with E-state index in [2.05, 4.69) is 4.98 Å². The maximum Gasteiger partial charge on any atom is 0.307 e. The SMILES string of the molecule is COC(=O)C[C@H]1c2cc(OC)c(OC)cc2CCN1C(=O)c1cnc(N)c(Cl)c1. The number of ether oxygens (including phenoxy) is 3. The molecule has 0 aliphatic carbocycles. The minimum atomic E-state index is -0.533. The molecule has 29 heavy (non-hydrogen) atoms. The highest BCUT2D eigenvalue weighted by atomic mass is 35.5. The monoisotopic (exact) mass is 419 g/mol. The van der Waals surface area contributed by atoms with Crippen LogP contribution in [0.3, 0.4) is 0 Å². The number of nitrogens with zero attached hydrogens (tertiary/aromatic N) is 2. The number of pyridine rings is 1. The molecule has 8 nitrogen and oxygen atoms in total. The molecule has 0 saturated carbocycles. The summed E-state index contributed by atoms with van der Waals surface area (Å²) in [5.41, 5.74) is 7.73. The second-order valence-electron chi connectivity index (χ2n) is 6.54. The van der Waals surface area contributed by atoms with E-state index in [1.165, 1.54) is 26.5 Å². The largest absolute Gasteiger partial charge is 0.493 e. The molecular weight excluding hydrogens is 398 g/mol. The molecule has 0 fully saturated rings. The van der Waals surface area contributed by atoms with Gasteiger partial charge in [-0.25, -0.2) is 4.98 Å². The lowest BCUT2D eigenvalue weighted by atomic mass is 9.89. The van der Waals surface area contributed by atoms with Crippen LogP contribution in [0.2, 0.25) is 5.02 Å². The van der Waals surface area contributed by atoms with E-state index in [1.807, 2.05) is 6.07 Å². The van der Waals surface area contributed by atoms with Gasteiger partial charge < -0.3 is 24.8 Å². The van der Waals surface area contributed by atoms with Crippen LogP contribution in [-0.4, -0.2) is 49.6 Å². The third-order valence-electron chi connectivity index (χ3n) is 4.97. The first-order valence-corrected chi connectivity index (χ1v) is 9.31. The summed E-state index contributed by atoms with van der Waals surface area (Å²) >= 11 is 6.03. The van der Waals surface area contributed by atoms with Crippen molar-refractivity contribution in [1.29, 1.82) is 0 Å². The zero-order valence-electron chi connectivity index (χ0n) is 16.4. The first-order chi connectivity index (χ1) is 13.9. The maximum atomic E-state index is 13.2. The van der Waals surface area contributed by atoms with Gasteiger partial charge in [0.2, 0.25) is 0 Å². The van der Waals surface area contributed by atoms with Gasteiger partial charge in [-0.15, -0.1) is 0 Å². The van der Waals surface area contributed by atoms with Crippen molar-refractivity contribution in [1.82, 2.24) is 9.88 Å². The van der Waals surface area contributed by atoms with Crippen LogP contribution in [0, 0.1) is 0 Å². The summed E-state index contributed by atoms with van der Waals surface area (Å²) in [4.78, 5) is 30.9. The number of esters is 1. The van der Waals surface area contributed by atoms with E-state index in [4.69, 9.17) is 31.5 Å². The molecule has 1 amide bonds. The fraction of sp³-hybridized carbons (Fsp3) is 0.350. The summed E-state index contributed by atoms with van der Waals surface area (Å²) in [5, 5.41) is 0.198. The first kappa shape index (κ1) is 20.7. The normalized spacial score (nSPS) is 15.4. The fourth-order valence-electron chi connectivity index (χ4n) is 3.46. The molecule has 2 heterocycles. The molecule has 2 N–H and O–H groups in total. The molecule has 1 aliphatic heterocycles. The van der Waals surface area contributed by atoms with Crippen LogP contribution in [0.4, 0.5) is 5.82 Å². The van der Waals surface area contributed by atoms with Gasteiger partial charge in [-0.3, -0.25) is 9.59 Å². The second-order valence-corrected chi connectivity index (χ2v) is 6.95. The number of carbonyl (C=O) groups excluding carboxylic acids is 2. The summed E-state index contributed by atoms with van der Waals surface area (Å²) in [6.07, 6.45) is 1.97. The number of halogens is 1. The van der Waals surface area contributed by atoms with Gasteiger partial charge >= 0.3 is 5.97 Å². The Bertz CT molecular complexity index is 950. The van der Waals surface area contributed by atoms with Gasteiger partial charge in [0.05, 0.1) is 44.4 Å². The van der Waals surface area contributed by atoms with Crippen LogP contribution in [0.25, 0.3) is 0 Å². The summed E-state index contributed by atoms with van der Waals surface area (Å²) in [5.74, 6) is 0.540. The van der Waals surface area contributed by atoms with Crippen molar-refractivity contribution in [2.75, 3.05) is 33.6 Å². The molecule has 154 valence electrons. The van der Waals surface area contributed by atoms with E-state index in [1.54, 1.807) is 18.1 Å². The van der Waals surface area contributed by atoms with Crippen molar-refractivity contribution in [2.45, 2.75) is 18.9 Å². The molecule has 0 radical (unpaired) electrons. The standard InChI is InChI=1S/C20H22ClN3O5/c1-27-16-7-11-4-5-24(20(26)12-6-14(21)19(22)23-10-12)15(9-18(25)29-3)13(11)8-17(16)28-2/h6-8,10,15H,4-5,9H2,1-3H3,(H2,22,23)/t15-/m0/s1. The predicted molar refractivity (Wildman–Crippen MR) is 107 cm³/mol. The van der Waals surface area contributed by atoms with Crippen molar-refractivity contribution in [3.63, 3.8) is 0 Å². The van der Waals surface area contributed by atoms with Crippen molar-refractivity contribution >= 4 is 29.3 Å². The van der Waals surface area contributed by atoms with E-state index in [-0.39, 0.29) is 23.2 Å². The number of hydrogen-bond donors (Lipinski definition) is 1. The average Bonchev–Trinajstić information content (AvgIpc) is 2.74. The number of nitrogens with two attached hydrogens (primary N) is 1. The summed E-state index contributed by atoms with van der Waals surface area (Å²) in [6, 6.07) is 4.62. The van der Waals surface area contributed by atoms with Gasteiger partial charge in [0.15, 0.2) is 11.5 Å². The number of aromatic nitrogens is 1. The van der Waals surface area contributed by atoms with Crippen molar-refractivity contribution in [3.05, 3.63) is 46.1 Å². The number of nitrogen functional groups attached to an aromatic ring is 1. The third kappa shape index (κ3) is 4.07. The van der Waals surface area contributed by atoms with Gasteiger partial charge in [0.25, 0.3) is 5.91 Å². The van der Waals surface area contributed by atoms with E-state index in [0.717, 1.165) is 11.1 Å². The van der Waals surface area contributed by atoms with Crippen molar-refractivity contribution in [3.8, 4) is 11.5 Å². The molecule has 1 aromatic heterocycles. The van der Waals surface area contributed by atoms with Gasteiger partial charge in [-0.2, -0.15) is 0 Å². The molecular formula is C20H22ClN3O5. The minimum Gasteiger partial charge on any atom is -0.493 e. The van der Waals surface area contributed by atoms with E-state index >= 15 is 0 Å². The topological polar surface area (TPSA) is 104 Å². The summed E-state index contributed by atoms with van der Waals surface area (Å²) < 4.78 is 15.6. The van der Waals surface area contributed by atoms with Gasteiger partial charge in [0.1, 0.15) is 5.82 Å². The Morgan fingerprint density at radius 1 is 1.21 bits per heavy atom. The number of carbonyl (C=O) groups is 2. The molecule has 0 unspecified atom stereocenters. The van der Waals surface area contributed by atoms with Gasteiger partial charge in [-0.1, -0.05) is 11.6 Å². The van der Waals surface area contributed by atoms with Crippen LogP contribution in [-0.2, 0) is 16.0 Å². The molecule has 0 spiro atoms. The number of benzene rings is 1. The van der Waals surface area contributed by atoms with E-state index < -0.39 is 12.0 Å². The number of amides is 1. The zero-order valence-corrected chi connectivity index (χ0v) is 17.2. The summed E-state index contributed by atoms with van der Waals surface area (Å²) in [6.45, 7) is 0.408. The van der Waals surface area contributed by atoms with Crippen LogP contribution in [0.1, 0.15) is 33.9 Å². The average molecular weight is 420 g/mol. The van der Waals surface area contributed by atoms with Crippen LogP contribution in [0.15, 0.2) is 24.4 Å². The highest BCUT2D eigenvalue weighted by Gasteiger charge is 2.34. The number of fused-ring (bicyclic) bond motifs is 1. The Labute approximate surface area is 173 Å². The number of hydrogen-bond acceptors (Lipinski definition) is 7. The number of methoxy groups -OCH3 is 3. The van der Waals surface area contributed by atoms with Crippen LogP contribution < -0.4 is 15.2 Å². The molecule has 9 heteroatoms.